The van der Waals surface area contributed by atoms with E-state index in [9.17, 15) is 4.79 Å². The van der Waals surface area contributed by atoms with Crippen molar-refractivity contribution in [1.82, 2.24) is 20.4 Å². The smallest absolute Gasteiger partial charge is 0.246 e. The minimum Gasteiger partial charge on any atom is -0.337 e. The maximum Gasteiger partial charge on any atom is 0.246 e. The molecule has 2 aromatic rings. The number of rotatable bonds is 3. The van der Waals surface area contributed by atoms with Crippen molar-refractivity contribution in [3.8, 4) is 11.4 Å². The molecule has 2 bridgehead atoms. The number of nitrogens with zero attached hydrogens (tertiary/aromatic N) is 3. The molecule has 2 aliphatic rings. The molecular weight excluding hydrogens is 328 g/mol. The Morgan fingerprint density at radius 3 is 2.92 bits per heavy atom. The van der Waals surface area contributed by atoms with Gasteiger partial charge in [-0.25, -0.2) is 0 Å². The number of carbonyl (C=O) groups is 1. The second-order valence-corrected chi connectivity index (χ2v) is 6.44. The van der Waals surface area contributed by atoms with Gasteiger partial charge >= 0.3 is 0 Å². The first-order chi connectivity index (χ1) is 11.2. The molecule has 128 valence electrons. The highest BCUT2D eigenvalue weighted by molar-refractivity contribution is 5.85. The number of hydrogen-bond donors (Lipinski definition) is 1. The van der Waals surface area contributed by atoms with E-state index in [1.54, 1.807) is 0 Å². The molecule has 3 heterocycles. The zero-order valence-electron chi connectivity index (χ0n) is 13.6. The standard InChI is InChI=1S/C17H20N4O2.ClH/c1-11-4-2-3-5-14(11)17-19-15(23-20-17)10-21-9-13-7-6-12(18-13)8-16(21)22;/h2-5,12-13,18H,6-10H2,1H3;1H/t12-,13+;/m1./s1. The highest BCUT2D eigenvalue weighted by Gasteiger charge is 2.34. The predicted molar refractivity (Wildman–Crippen MR) is 91.7 cm³/mol. The summed E-state index contributed by atoms with van der Waals surface area (Å²) in [4.78, 5) is 18.6. The number of aromatic nitrogens is 2. The molecule has 1 amide bonds. The summed E-state index contributed by atoms with van der Waals surface area (Å²) in [6.45, 7) is 3.13. The van der Waals surface area contributed by atoms with E-state index in [1.807, 2.05) is 36.1 Å². The molecule has 0 unspecified atom stereocenters. The van der Waals surface area contributed by atoms with Crippen molar-refractivity contribution in [1.29, 1.82) is 0 Å². The number of benzene rings is 1. The highest BCUT2D eigenvalue weighted by atomic mass is 35.5. The third kappa shape index (κ3) is 3.30. The fourth-order valence-corrected chi connectivity index (χ4v) is 3.48. The van der Waals surface area contributed by atoms with Crippen molar-refractivity contribution in [2.24, 2.45) is 0 Å². The summed E-state index contributed by atoms with van der Waals surface area (Å²) in [6, 6.07) is 8.67. The molecule has 0 saturated carbocycles. The van der Waals surface area contributed by atoms with E-state index < -0.39 is 0 Å². The Morgan fingerprint density at radius 2 is 2.08 bits per heavy atom. The lowest BCUT2D eigenvalue weighted by atomic mass is 10.1. The maximum atomic E-state index is 12.3. The van der Waals surface area contributed by atoms with Crippen LogP contribution in [0, 0.1) is 6.92 Å². The van der Waals surface area contributed by atoms with Crippen LogP contribution in [0.2, 0.25) is 0 Å². The summed E-state index contributed by atoms with van der Waals surface area (Å²) < 4.78 is 5.37. The lowest BCUT2D eigenvalue weighted by Gasteiger charge is -2.22. The van der Waals surface area contributed by atoms with E-state index in [2.05, 4.69) is 15.5 Å². The predicted octanol–water partition coefficient (Wildman–Crippen LogP) is 2.32. The van der Waals surface area contributed by atoms with Gasteiger partial charge in [-0.15, -0.1) is 12.4 Å². The minimum absolute atomic E-state index is 0. The summed E-state index contributed by atoms with van der Waals surface area (Å²) in [6.07, 6.45) is 2.80. The van der Waals surface area contributed by atoms with Gasteiger partial charge in [0.05, 0.1) is 0 Å². The molecule has 2 aliphatic heterocycles. The molecule has 7 heteroatoms. The lowest BCUT2D eigenvalue weighted by Crippen LogP contribution is -2.37. The van der Waals surface area contributed by atoms with Gasteiger partial charge in [0.15, 0.2) is 0 Å². The first kappa shape index (κ1) is 16.9. The summed E-state index contributed by atoms with van der Waals surface area (Å²) >= 11 is 0. The van der Waals surface area contributed by atoms with Crippen LogP contribution < -0.4 is 5.32 Å². The Morgan fingerprint density at radius 1 is 1.29 bits per heavy atom. The van der Waals surface area contributed by atoms with E-state index in [0.717, 1.165) is 30.5 Å². The van der Waals surface area contributed by atoms with Crippen LogP contribution in [-0.2, 0) is 11.3 Å². The second-order valence-electron chi connectivity index (χ2n) is 6.44. The van der Waals surface area contributed by atoms with Gasteiger partial charge in [0.25, 0.3) is 0 Å². The number of likely N-dealkylation sites (tertiary alicyclic amines) is 1. The Kier molecular flexibility index (Phi) is 4.87. The zero-order chi connectivity index (χ0) is 15.8. The fraction of sp³-hybridized carbons (Fsp3) is 0.471. The lowest BCUT2D eigenvalue weighted by molar-refractivity contribution is -0.132. The zero-order valence-corrected chi connectivity index (χ0v) is 14.4. The van der Waals surface area contributed by atoms with Gasteiger partial charge in [0, 0.05) is 30.6 Å². The van der Waals surface area contributed by atoms with Crippen molar-refractivity contribution >= 4 is 18.3 Å². The van der Waals surface area contributed by atoms with Crippen molar-refractivity contribution in [3.05, 3.63) is 35.7 Å². The molecule has 6 nitrogen and oxygen atoms in total. The van der Waals surface area contributed by atoms with E-state index in [1.165, 1.54) is 0 Å². The summed E-state index contributed by atoms with van der Waals surface area (Å²) in [7, 11) is 0. The molecule has 0 aliphatic carbocycles. The van der Waals surface area contributed by atoms with Crippen molar-refractivity contribution in [3.63, 3.8) is 0 Å². The van der Waals surface area contributed by atoms with Crippen LogP contribution >= 0.6 is 12.4 Å². The number of nitrogens with one attached hydrogen (secondary N) is 1. The number of carbonyl (C=O) groups excluding carboxylic acids is 1. The molecule has 24 heavy (non-hydrogen) atoms. The van der Waals surface area contributed by atoms with Gasteiger partial charge in [-0.05, 0) is 25.3 Å². The molecule has 1 aromatic heterocycles. The first-order valence-electron chi connectivity index (χ1n) is 8.11. The number of fused-ring (bicyclic) bond motifs is 2. The second kappa shape index (κ2) is 6.91. The monoisotopic (exact) mass is 348 g/mol. The van der Waals surface area contributed by atoms with Crippen LogP contribution in [0.25, 0.3) is 11.4 Å². The Labute approximate surface area is 147 Å². The maximum absolute atomic E-state index is 12.3. The van der Waals surface area contributed by atoms with E-state index >= 15 is 0 Å². The quantitative estimate of drug-likeness (QED) is 0.921. The van der Waals surface area contributed by atoms with Gasteiger partial charge in [-0.1, -0.05) is 29.4 Å². The average Bonchev–Trinajstić information content (AvgIpc) is 3.13. The van der Waals surface area contributed by atoms with Crippen LogP contribution in [-0.4, -0.2) is 39.6 Å². The van der Waals surface area contributed by atoms with E-state index in [0.29, 0.717) is 36.8 Å². The van der Waals surface area contributed by atoms with Gasteiger partial charge in [0.1, 0.15) is 6.54 Å². The van der Waals surface area contributed by atoms with Crippen LogP contribution in [0.15, 0.2) is 28.8 Å². The average molecular weight is 349 g/mol. The minimum atomic E-state index is 0. The number of aryl methyl sites for hydroxylation is 1. The highest BCUT2D eigenvalue weighted by Crippen LogP contribution is 2.23. The van der Waals surface area contributed by atoms with E-state index in [-0.39, 0.29) is 18.3 Å². The summed E-state index contributed by atoms with van der Waals surface area (Å²) in [5.74, 6) is 1.25. The normalized spacial score (nSPS) is 23.0. The first-order valence-corrected chi connectivity index (χ1v) is 8.11. The fourth-order valence-electron chi connectivity index (χ4n) is 3.48. The van der Waals surface area contributed by atoms with Gasteiger partial charge < -0.3 is 14.7 Å². The third-order valence-electron chi connectivity index (χ3n) is 4.73. The number of amides is 1. The number of halogens is 1. The van der Waals surface area contributed by atoms with Crippen LogP contribution in [0.1, 0.15) is 30.7 Å². The molecule has 1 N–H and O–H groups in total. The van der Waals surface area contributed by atoms with Crippen LogP contribution in [0.3, 0.4) is 0 Å². The van der Waals surface area contributed by atoms with Gasteiger partial charge in [-0.3, -0.25) is 4.79 Å². The summed E-state index contributed by atoms with van der Waals surface area (Å²) in [5.41, 5.74) is 2.07. The molecule has 4 rings (SSSR count). The SMILES string of the molecule is Cc1ccccc1-c1noc(CN2C[C@@H]3CC[C@H](CC2=O)N3)n1.Cl. The molecule has 2 fully saturated rings. The van der Waals surface area contributed by atoms with Crippen LogP contribution in [0.5, 0.6) is 0 Å². The Balaban J connectivity index is 0.00000169. The Bertz CT molecular complexity index is 733. The van der Waals surface area contributed by atoms with E-state index in [4.69, 9.17) is 4.52 Å². The molecule has 0 radical (unpaired) electrons. The molecule has 2 saturated heterocycles. The largest absolute Gasteiger partial charge is 0.337 e. The van der Waals surface area contributed by atoms with Crippen molar-refractivity contribution in [2.75, 3.05) is 6.54 Å². The summed E-state index contributed by atoms with van der Waals surface area (Å²) in [5, 5.41) is 7.58. The molecule has 0 spiro atoms. The van der Waals surface area contributed by atoms with Crippen molar-refractivity contribution < 1.29 is 9.32 Å². The number of hydrogen-bond acceptors (Lipinski definition) is 5. The Hall–Kier alpha value is -1.92. The van der Waals surface area contributed by atoms with Gasteiger partial charge in [0.2, 0.25) is 17.6 Å². The van der Waals surface area contributed by atoms with Crippen LogP contribution in [0.4, 0.5) is 0 Å². The molecule has 1 aromatic carbocycles. The molecular formula is C17H21ClN4O2. The third-order valence-corrected chi connectivity index (χ3v) is 4.73. The van der Waals surface area contributed by atoms with Crippen molar-refractivity contribution in [2.45, 2.75) is 44.8 Å². The topological polar surface area (TPSA) is 71.3 Å². The molecule has 2 atom stereocenters. The van der Waals surface area contributed by atoms with Gasteiger partial charge in [-0.2, -0.15) is 4.98 Å².